The smallest absolute Gasteiger partial charge is 0.416 e. The first kappa shape index (κ1) is 25.5. The van der Waals surface area contributed by atoms with Gasteiger partial charge in [-0.15, -0.1) is 0 Å². The van der Waals surface area contributed by atoms with E-state index in [2.05, 4.69) is 24.4 Å². The van der Waals surface area contributed by atoms with E-state index in [1.54, 1.807) is 0 Å². The number of aryl methyl sites for hydroxylation is 1. The second-order valence-electron chi connectivity index (χ2n) is 9.00. The Kier molecular flexibility index (Phi) is 10.1. The first-order valence-corrected chi connectivity index (χ1v) is 12.4. The number of nitrogens with zero attached hydrogens (tertiary/aromatic N) is 1. The highest BCUT2D eigenvalue weighted by atomic mass is 16.6. The zero-order valence-corrected chi connectivity index (χ0v) is 20.0. The number of hydrogen-bond donors (Lipinski definition) is 1. The number of amides is 3. The lowest BCUT2D eigenvalue weighted by Crippen LogP contribution is -2.49. The van der Waals surface area contributed by atoms with Crippen molar-refractivity contribution >= 4 is 18.4 Å². The maximum atomic E-state index is 13.8. The Bertz CT molecular complexity index is 903. The van der Waals surface area contributed by atoms with Crippen molar-refractivity contribution in [3.8, 4) is 0 Å². The lowest BCUT2D eigenvalue weighted by Gasteiger charge is -2.30. The number of nitrogens with one attached hydrogen (secondary N) is 1. The summed E-state index contributed by atoms with van der Waals surface area (Å²) in [7, 11) is 0. The van der Waals surface area contributed by atoms with E-state index < -0.39 is 12.0 Å². The molecule has 6 nitrogen and oxygen atoms in total. The van der Waals surface area contributed by atoms with Gasteiger partial charge in [0.25, 0.3) is 0 Å². The molecule has 0 aliphatic carbocycles. The molecule has 1 heterocycles. The van der Waals surface area contributed by atoms with Gasteiger partial charge in [-0.3, -0.25) is 9.59 Å². The van der Waals surface area contributed by atoms with E-state index in [0.717, 1.165) is 37.7 Å². The van der Waals surface area contributed by atoms with Gasteiger partial charge in [-0.05, 0) is 43.2 Å². The van der Waals surface area contributed by atoms with Crippen molar-refractivity contribution in [1.82, 2.24) is 10.2 Å². The molecule has 34 heavy (non-hydrogen) atoms. The van der Waals surface area contributed by atoms with Crippen LogP contribution in [0.1, 0.15) is 56.6 Å². The first-order chi connectivity index (χ1) is 16.6. The summed E-state index contributed by atoms with van der Waals surface area (Å²) in [5, 5.41) is 2.90. The van der Waals surface area contributed by atoms with Crippen LogP contribution in [0, 0.1) is 5.92 Å². The molecule has 1 aliphatic heterocycles. The van der Waals surface area contributed by atoms with Crippen molar-refractivity contribution in [2.24, 2.45) is 5.92 Å². The van der Waals surface area contributed by atoms with Crippen molar-refractivity contribution in [3.63, 3.8) is 0 Å². The number of ether oxygens (including phenoxy) is 1. The molecule has 0 spiro atoms. The highest BCUT2D eigenvalue weighted by Crippen LogP contribution is 2.26. The van der Waals surface area contributed by atoms with Crippen LogP contribution in [0.5, 0.6) is 0 Å². The zero-order valence-electron chi connectivity index (χ0n) is 20.0. The van der Waals surface area contributed by atoms with E-state index in [9.17, 15) is 14.4 Å². The molecule has 0 bridgehead atoms. The fourth-order valence-electron chi connectivity index (χ4n) is 4.72. The third-order valence-electron chi connectivity index (χ3n) is 6.54. The van der Waals surface area contributed by atoms with Crippen LogP contribution in [-0.2, 0) is 27.2 Å². The highest BCUT2D eigenvalue weighted by Gasteiger charge is 2.42. The van der Waals surface area contributed by atoms with Gasteiger partial charge in [0.2, 0.25) is 12.3 Å². The minimum Gasteiger partial charge on any atom is -0.447 e. The Hall–Kier alpha value is -3.15. The van der Waals surface area contributed by atoms with Crippen molar-refractivity contribution in [1.29, 1.82) is 0 Å². The third kappa shape index (κ3) is 7.17. The Morgan fingerprint density at radius 3 is 2.35 bits per heavy atom. The molecule has 182 valence electrons. The van der Waals surface area contributed by atoms with Crippen LogP contribution in [0.3, 0.4) is 0 Å². The first-order valence-electron chi connectivity index (χ1n) is 12.4. The molecule has 0 radical (unpaired) electrons. The molecule has 0 unspecified atom stereocenters. The van der Waals surface area contributed by atoms with E-state index in [0.29, 0.717) is 25.7 Å². The zero-order chi connectivity index (χ0) is 24.2. The Balaban J connectivity index is 1.74. The summed E-state index contributed by atoms with van der Waals surface area (Å²) in [6.45, 7) is 2.31. The molecular formula is C28H36N2O4. The number of hydrogen-bond acceptors (Lipinski definition) is 4. The van der Waals surface area contributed by atoms with Gasteiger partial charge in [0.15, 0.2) is 0 Å². The van der Waals surface area contributed by atoms with Gasteiger partial charge in [-0.2, -0.15) is 0 Å². The molecule has 1 N–H and O–H groups in total. The fraction of sp³-hybridized carbons (Fsp3) is 0.464. The Morgan fingerprint density at radius 1 is 1.03 bits per heavy atom. The standard InChI is InChI=1S/C28H36N2O4/c1-2-3-6-17-25(26(29-21-31)18-11-16-22-12-7-4-8-13-22)27(32)30-24(20-34-28(30)33)19-23-14-9-5-10-15-23/h4-5,7-10,12-15,21,24-26H,2-3,6,11,16-20H2,1H3,(H,29,31)/t24-,25+,26+/m0/s1. The molecule has 3 amide bonds. The number of carbonyl (C=O) groups is 3. The molecule has 1 saturated heterocycles. The van der Waals surface area contributed by atoms with Crippen molar-refractivity contribution in [2.75, 3.05) is 6.61 Å². The van der Waals surface area contributed by atoms with Gasteiger partial charge in [0.05, 0.1) is 12.0 Å². The molecule has 0 aromatic heterocycles. The molecule has 1 aliphatic rings. The summed E-state index contributed by atoms with van der Waals surface area (Å²) in [5.74, 6) is -0.699. The summed E-state index contributed by atoms with van der Waals surface area (Å²) in [4.78, 5) is 39.2. The molecule has 3 atom stereocenters. The summed E-state index contributed by atoms with van der Waals surface area (Å²) < 4.78 is 5.30. The number of benzene rings is 2. The SMILES string of the molecule is CCCCC[C@@H](C(=O)N1C(=O)OC[C@@H]1Cc1ccccc1)[C@@H](CCCc1ccccc1)NC=O. The van der Waals surface area contributed by atoms with Gasteiger partial charge < -0.3 is 10.1 Å². The summed E-state index contributed by atoms with van der Waals surface area (Å²) in [5.41, 5.74) is 2.28. The molecule has 0 saturated carbocycles. The van der Waals surface area contributed by atoms with Crippen molar-refractivity contribution in [2.45, 2.75) is 70.4 Å². The van der Waals surface area contributed by atoms with Crippen LogP contribution in [0.4, 0.5) is 4.79 Å². The third-order valence-corrected chi connectivity index (χ3v) is 6.54. The van der Waals surface area contributed by atoms with Gasteiger partial charge in [-0.25, -0.2) is 9.69 Å². The van der Waals surface area contributed by atoms with Crippen LogP contribution in [-0.4, -0.2) is 42.0 Å². The van der Waals surface area contributed by atoms with Crippen LogP contribution in [0.25, 0.3) is 0 Å². The minimum atomic E-state index is -0.583. The minimum absolute atomic E-state index is 0.195. The van der Waals surface area contributed by atoms with Gasteiger partial charge in [0.1, 0.15) is 6.61 Å². The average Bonchev–Trinajstić information content (AvgIpc) is 3.22. The topological polar surface area (TPSA) is 75.7 Å². The van der Waals surface area contributed by atoms with Crippen LogP contribution < -0.4 is 5.32 Å². The van der Waals surface area contributed by atoms with Gasteiger partial charge in [-0.1, -0.05) is 86.8 Å². The number of unbranched alkanes of at least 4 members (excludes halogenated alkanes) is 2. The summed E-state index contributed by atoms with van der Waals surface area (Å²) in [6.07, 6.45) is 6.56. The maximum Gasteiger partial charge on any atom is 0.416 e. The fourth-order valence-corrected chi connectivity index (χ4v) is 4.72. The summed E-state index contributed by atoms with van der Waals surface area (Å²) >= 11 is 0. The number of rotatable bonds is 14. The molecule has 2 aromatic carbocycles. The van der Waals surface area contributed by atoms with Gasteiger partial charge >= 0.3 is 6.09 Å². The average molecular weight is 465 g/mol. The van der Waals surface area contributed by atoms with Gasteiger partial charge in [0, 0.05) is 6.04 Å². The van der Waals surface area contributed by atoms with Crippen LogP contribution >= 0.6 is 0 Å². The predicted molar refractivity (Wildman–Crippen MR) is 132 cm³/mol. The lowest BCUT2D eigenvalue weighted by atomic mass is 9.87. The van der Waals surface area contributed by atoms with E-state index in [-0.39, 0.29) is 24.6 Å². The molecule has 6 heteroatoms. The van der Waals surface area contributed by atoms with E-state index in [1.165, 1.54) is 10.5 Å². The Morgan fingerprint density at radius 2 is 1.71 bits per heavy atom. The van der Waals surface area contributed by atoms with E-state index >= 15 is 0 Å². The van der Waals surface area contributed by atoms with E-state index in [1.807, 2.05) is 48.5 Å². The molecular weight excluding hydrogens is 428 g/mol. The van der Waals surface area contributed by atoms with Crippen molar-refractivity contribution < 1.29 is 19.1 Å². The van der Waals surface area contributed by atoms with Crippen molar-refractivity contribution in [3.05, 3.63) is 71.8 Å². The predicted octanol–water partition coefficient (Wildman–Crippen LogP) is 4.91. The molecule has 3 rings (SSSR count). The number of carbonyl (C=O) groups excluding carboxylic acids is 3. The highest BCUT2D eigenvalue weighted by molar-refractivity contribution is 5.95. The normalized spacial score (nSPS) is 17.1. The molecule has 1 fully saturated rings. The van der Waals surface area contributed by atoms with E-state index in [4.69, 9.17) is 4.74 Å². The number of cyclic esters (lactones) is 1. The quantitative estimate of drug-likeness (QED) is 0.318. The monoisotopic (exact) mass is 464 g/mol. The largest absolute Gasteiger partial charge is 0.447 e. The molecule has 2 aromatic rings. The second kappa shape index (κ2) is 13.5. The van der Waals surface area contributed by atoms with Crippen LogP contribution in [0.15, 0.2) is 60.7 Å². The maximum absolute atomic E-state index is 13.8. The lowest BCUT2D eigenvalue weighted by molar-refractivity contribution is -0.135. The van der Waals surface area contributed by atoms with Crippen LogP contribution in [0.2, 0.25) is 0 Å². The number of imide groups is 1. The Labute approximate surface area is 202 Å². The summed E-state index contributed by atoms with van der Waals surface area (Å²) in [6, 6.07) is 19.3. The second-order valence-corrected chi connectivity index (χ2v) is 9.00.